The first-order chi connectivity index (χ1) is 9.49. The quantitative estimate of drug-likeness (QED) is 0.836. The summed E-state index contributed by atoms with van der Waals surface area (Å²) in [6, 6.07) is -0.0519. The van der Waals surface area contributed by atoms with Crippen LogP contribution in [0.1, 0.15) is 51.9 Å². The summed E-state index contributed by atoms with van der Waals surface area (Å²) in [5, 5.41) is 9.62. The molecule has 2 aliphatic rings. The van der Waals surface area contributed by atoms with Gasteiger partial charge in [0.1, 0.15) is 0 Å². The molecule has 118 valence electrons. The molecule has 0 saturated carbocycles. The fraction of sp³-hybridized carbons (Fsp3) is 1.00. The van der Waals surface area contributed by atoms with E-state index in [0.29, 0.717) is 19.6 Å². The van der Waals surface area contributed by atoms with Gasteiger partial charge in [-0.15, -0.1) is 0 Å². The van der Waals surface area contributed by atoms with E-state index < -0.39 is 16.1 Å². The maximum absolute atomic E-state index is 12.7. The van der Waals surface area contributed by atoms with E-state index in [-0.39, 0.29) is 17.9 Å². The number of rotatable bonds is 5. The Balaban J connectivity index is 2.07. The minimum absolute atomic E-state index is 0.0519. The molecule has 2 aliphatic heterocycles. The standard InChI is InChI=1S/C14H27NO4S/c1-12(16)10-13-6-3-2-4-8-15(13)20(17,18)11-14-7-5-9-19-14/h12-14,16H,2-11H2,1H3. The third-order valence-corrected chi connectivity index (χ3v) is 6.20. The molecule has 2 saturated heterocycles. The van der Waals surface area contributed by atoms with Gasteiger partial charge in [-0.05, 0) is 39.0 Å². The van der Waals surface area contributed by atoms with E-state index in [2.05, 4.69) is 0 Å². The van der Waals surface area contributed by atoms with E-state index in [9.17, 15) is 13.5 Å². The Bertz CT molecular complexity index is 390. The Morgan fingerprint density at radius 1 is 1.25 bits per heavy atom. The molecule has 0 bridgehead atoms. The Hall–Kier alpha value is -0.170. The molecule has 2 fully saturated rings. The first kappa shape index (κ1) is 16.2. The van der Waals surface area contributed by atoms with Crippen LogP contribution in [0.25, 0.3) is 0 Å². The summed E-state index contributed by atoms with van der Waals surface area (Å²) in [5.74, 6) is 0.101. The van der Waals surface area contributed by atoms with E-state index in [0.717, 1.165) is 38.5 Å². The first-order valence-electron chi connectivity index (χ1n) is 7.78. The minimum atomic E-state index is -3.29. The molecule has 3 atom stereocenters. The SMILES string of the molecule is CC(O)CC1CCCCCN1S(=O)(=O)CC1CCCO1. The largest absolute Gasteiger partial charge is 0.393 e. The van der Waals surface area contributed by atoms with Gasteiger partial charge in [0.05, 0.1) is 18.0 Å². The second-order valence-electron chi connectivity index (χ2n) is 6.11. The van der Waals surface area contributed by atoms with Crippen molar-refractivity contribution in [3.8, 4) is 0 Å². The van der Waals surface area contributed by atoms with Crippen LogP contribution in [0.4, 0.5) is 0 Å². The molecule has 1 N–H and O–H groups in total. The van der Waals surface area contributed by atoms with Gasteiger partial charge in [0.2, 0.25) is 10.0 Å². The predicted octanol–water partition coefficient (Wildman–Crippen LogP) is 1.51. The van der Waals surface area contributed by atoms with Crippen LogP contribution in [0, 0.1) is 0 Å². The van der Waals surface area contributed by atoms with Crippen LogP contribution in [-0.2, 0) is 14.8 Å². The smallest absolute Gasteiger partial charge is 0.216 e. The summed E-state index contributed by atoms with van der Waals surface area (Å²) in [7, 11) is -3.29. The summed E-state index contributed by atoms with van der Waals surface area (Å²) in [4.78, 5) is 0. The zero-order valence-corrected chi connectivity index (χ0v) is 13.1. The molecule has 0 spiro atoms. The van der Waals surface area contributed by atoms with Crippen LogP contribution >= 0.6 is 0 Å². The van der Waals surface area contributed by atoms with Crippen LogP contribution < -0.4 is 0 Å². The number of aliphatic hydroxyl groups is 1. The van der Waals surface area contributed by atoms with Gasteiger partial charge >= 0.3 is 0 Å². The Labute approximate surface area is 122 Å². The van der Waals surface area contributed by atoms with Gasteiger partial charge in [-0.1, -0.05) is 12.8 Å². The monoisotopic (exact) mass is 305 g/mol. The summed E-state index contributed by atoms with van der Waals surface area (Å²) < 4.78 is 32.4. The van der Waals surface area contributed by atoms with Crippen molar-refractivity contribution < 1.29 is 18.3 Å². The zero-order chi connectivity index (χ0) is 14.6. The van der Waals surface area contributed by atoms with Gasteiger partial charge in [-0.25, -0.2) is 8.42 Å². The Morgan fingerprint density at radius 3 is 2.70 bits per heavy atom. The van der Waals surface area contributed by atoms with Crippen LogP contribution in [0.15, 0.2) is 0 Å². The van der Waals surface area contributed by atoms with E-state index >= 15 is 0 Å². The fourth-order valence-electron chi connectivity index (χ4n) is 3.25. The molecule has 6 heteroatoms. The summed E-state index contributed by atoms with van der Waals surface area (Å²) >= 11 is 0. The van der Waals surface area contributed by atoms with Crippen molar-refractivity contribution in [3.05, 3.63) is 0 Å². The molecular weight excluding hydrogens is 278 g/mol. The van der Waals surface area contributed by atoms with Crippen LogP contribution in [0.5, 0.6) is 0 Å². The fourth-order valence-corrected chi connectivity index (χ4v) is 5.23. The molecule has 0 radical (unpaired) electrons. The molecule has 0 aromatic heterocycles. The number of ether oxygens (including phenoxy) is 1. The molecular formula is C14H27NO4S. The van der Waals surface area contributed by atoms with Crippen molar-refractivity contribution in [2.45, 2.75) is 70.1 Å². The second kappa shape index (κ2) is 7.20. The van der Waals surface area contributed by atoms with Gasteiger partial charge in [0, 0.05) is 19.2 Å². The van der Waals surface area contributed by atoms with Crippen molar-refractivity contribution >= 4 is 10.0 Å². The molecule has 0 amide bonds. The molecule has 2 rings (SSSR count). The lowest BCUT2D eigenvalue weighted by atomic mass is 10.1. The number of hydrogen-bond acceptors (Lipinski definition) is 4. The third kappa shape index (κ3) is 4.41. The highest BCUT2D eigenvalue weighted by Crippen LogP contribution is 2.25. The topological polar surface area (TPSA) is 66.8 Å². The molecule has 0 aromatic rings. The van der Waals surface area contributed by atoms with Gasteiger partial charge in [0.25, 0.3) is 0 Å². The lowest BCUT2D eigenvalue weighted by Crippen LogP contribution is -2.44. The van der Waals surface area contributed by atoms with Crippen LogP contribution in [0.2, 0.25) is 0 Å². The van der Waals surface area contributed by atoms with Crippen molar-refractivity contribution in [1.29, 1.82) is 0 Å². The lowest BCUT2D eigenvalue weighted by Gasteiger charge is -2.30. The van der Waals surface area contributed by atoms with Crippen molar-refractivity contribution in [2.24, 2.45) is 0 Å². The summed E-state index contributed by atoms with van der Waals surface area (Å²) in [5.41, 5.74) is 0. The predicted molar refractivity (Wildman–Crippen MR) is 78.0 cm³/mol. The number of aliphatic hydroxyl groups excluding tert-OH is 1. The highest BCUT2D eigenvalue weighted by atomic mass is 32.2. The highest BCUT2D eigenvalue weighted by Gasteiger charge is 2.34. The van der Waals surface area contributed by atoms with E-state index in [4.69, 9.17) is 4.74 Å². The summed E-state index contributed by atoms with van der Waals surface area (Å²) in [6.07, 6.45) is 5.62. The average molecular weight is 305 g/mol. The average Bonchev–Trinajstić information content (AvgIpc) is 2.72. The van der Waals surface area contributed by atoms with Gasteiger partial charge in [-0.3, -0.25) is 0 Å². The van der Waals surface area contributed by atoms with Crippen molar-refractivity contribution in [2.75, 3.05) is 18.9 Å². The van der Waals surface area contributed by atoms with E-state index in [1.54, 1.807) is 11.2 Å². The maximum atomic E-state index is 12.7. The van der Waals surface area contributed by atoms with Gasteiger partial charge in [0.15, 0.2) is 0 Å². The van der Waals surface area contributed by atoms with E-state index in [1.165, 1.54) is 0 Å². The first-order valence-corrected chi connectivity index (χ1v) is 9.39. The number of nitrogens with zero attached hydrogens (tertiary/aromatic N) is 1. The van der Waals surface area contributed by atoms with Crippen LogP contribution in [0.3, 0.4) is 0 Å². The van der Waals surface area contributed by atoms with E-state index in [1.807, 2.05) is 0 Å². The second-order valence-corrected chi connectivity index (χ2v) is 8.08. The van der Waals surface area contributed by atoms with Gasteiger partial charge < -0.3 is 9.84 Å². The Kier molecular flexibility index (Phi) is 5.84. The zero-order valence-electron chi connectivity index (χ0n) is 12.3. The van der Waals surface area contributed by atoms with Crippen molar-refractivity contribution in [1.82, 2.24) is 4.31 Å². The third-order valence-electron chi connectivity index (χ3n) is 4.21. The number of sulfonamides is 1. The summed E-state index contributed by atoms with van der Waals surface area (Å²) in [6.45, 7) is 3.00. The maximum Gasteiger partial charge on any atom is 0.216 e. The minimum Gasteiger partial charge on any atom is -0.393 e. The molecule has 5 nitrogen and oxygen atoms in total. The van der Waals surface area contributed by atoms with Gasteiger partial charge in [-0.2, -0.15) is 4.31 Å². The molecule has 0 aromatic carbocycles. The highest BCUT2D eigenvalue weighted by molar-refractivity contribution is 7.89. The Morgan fingerprint density at radius 2 is 2.05 bits per heavy atom. The normalized spacial score (nSPS) is 31.1. The van der Waals surface area contributed by atoms with Crippen molar-refractivity contribution in [3.63, 3.8) is 0 Å². The molecule has 3 unspecified atom stereocenters. The lowest BCUT2D eigenvalue weighted by molar-refractivity contribution is 0.124. The molecule has 0 aliphatic carbocycles. The molecule has 20 heavy (non-hydrogen) atoms. The number of hydrogen-bond donors (Lipinski definition) is 1. The van der Waals surface area contributed by atoms with Crippen LogP contribution in [-0.4, -0.2) is 55.0 Å². The molecule has 2 heterocycles.